The zero-order valence-electron chi connectivity index (χ0n) is 13.0. The van der Waals surface area contributed by atoms with Gasteiger partial charge >= 0.3 is 0 Å². The minimum absolute atomic E-state index is 0.0254. The fraction of sp³-hybridized carbons (Fsp3) is 0.733. The minimum atomic E-state index is -0.872. The number of nitrogens with one attached hydrogen (secondary N) is 2. The summed E-state index contributed by atoms with van der Waals surface area (Å²) in [7, 11) is 0. The first-order chi connectivity index (χ1) is 10.6. The Labute approximate surface area is 129 Å². The molecule has 22 heavy (non-hydrogen) atoms. The van der Waals surface area contributed by atoms with Crippen LogP contribution in [0.5, 0.6) is 0 Å². The first-order valence-corrected chi connectivity index (χ1v) is 7.88. The van der Waals surface area contributed by atoms with Crippen molar-refractivity contribution in [3.63, 3.8) is 0 Å². The first-order valence-electron chi connectivity index (χ1n) is 7.88. The highest BCUT2D eigenvalue weighted by atomic mass is 16.5. The molecule has 1 fully saturated rings. The summed E-state index contributed by atoms with van der Waals surface area (Å²) in [5.41, 5.74) is 0.784. The molecule has 0 radical (unpaired) electrons. The lowest BCUT2D eigenvalue weighted by Crippen LogP contribution is -2.52. The third-order valence-corrected chi connectivity index (χ3v) is 4.33. The van der Waals surface area contributed by atoms with Crippen molar-refractivity contribution in [3.05, 3.63) is 27.4 Å². The molecule has 7 heteroatoms. The molecule has 0 spiro atoms. The number of rotatable bonds is 2. The number of hydrogen-bond donors (Lipinski definition) is 3. The van der Waals surface area contributed by atoms with Crippen LogP contribution < -0.4 is 10.9 Å². The number of aryl methyl sites for hydroxylation is 1. The van der Waals surface area contributed by atoms with Crippen molar-refractivity contribution < 1.29 is 9.84 Å². The van der Waals surface area contributed by atoms with Gasteiger partial charge in [0.1, 0.15) is 11.4 Å². The Balaban J connectivity index is 1.69. The number of aromatic amines is 1. The van der Waals surface area contributed by atoms with Crippen LogP contribution in [0.25, 0.3) is 0 Å². The maximum absolute atomic E-state index is 12.0. The van der Waals surface area contributed by atoms with Crippen LogP contribution >= 0.6 is 0 Å². The zero-order valence-corrected chi connectivity index (χ0v) is 13.0. The number of ether oxygens (including phenoxy) is 1. The summed E-state index contributed by atoms with van der Waals surface area (Å²) >= 11 is 0. The van der Waals surface area contributed by atoms with Crippen molar-refractivity contribution in [2.75, 3.05) is 45.9 Å². The van der Waals surface area contributed by atoms with E-state index in [0.717, 1.165) is 37.3 Å². The van der Waals surface area contributed by atoms with Crippen LogP contribution in [0.15, 0.2) is 4.79 Å². The fourth-order valence-corrected chi connectivity index (χ4v) is 3.23. The summed E-state index contributed by atoms with van der Waals surface area (Å²) in [5.74, 6) is 0.664. The van der Waals surface area contributed by atoms with Gasteiger partial charge in [-0.3, -0.25) is 9.69 Å². The molecule has 1 atom stereocenters. The van der Waals surface area contributed by atoms with E-state index in [4.69, 9.17) is 4.74 Å². The van der Waals surface area contributed by atoms with E-state index in [-0.39, 0.29) is 5.56 Å². The Morgan fingerprint density at radius 1 is 1.41 bits per heavy atom. The number of nitrogens with zero attached hydrogens (tertiary/aromatic N) is 2. The molecule has 3 rings (SSSR count). The van der Waals surface area contributed by atoms with Gasteiger partial charge < -0.3 is 20.1 Å². The summed E-state index contributed by atoms with van der Waals surface area (Å²) in [5, 5.41) is 13.9. The van der Waals surface area contributed by atoms with Gasteiger partial charge in [0.25, 0.3) is 5.56 Å². The predicted octanol–water partition coefficient (Wildman–Crippen LogP) is -1.17. The summed E-state index contributed by atoms with van der Waals surface area (Å²) in [6, 6.07) is 0. The molecule has 7 nitrogen and oxygen atoms in total. The van der Waals surface area contributed by atoms with Gasteiger partial charge in [-0.1, -0.05) is 0 Å². The SMILES string of the molecule is Cc1nc2c(c(=O)[nH]1)CCN(C[C@]1(O)CNCCOC1)CC2. The number of fused-ring (bicyclic) bond motifs is 1. The van der Waals surface area contributed by atoms with Crippen molar-refractivity contribution in [3.8, 4) is 0 Å². The highest BCUT2D eigenvalue weighted by Crippen LogP contribution is 2.15. The summed E-state index contributed by atoms with van der Waals surface area (Å²) in [4.78, 5) is 21.5. The van der Waals surface area contributed by atoms with Gasteiger partial charge in [0.05, 0.1) is 18.9 Å². The molecule has 0 saturated carbocycles. The Morgan fingerprint density at radius 3 is 3.09 bits per heavy atom. The second-order valence-corrected chi connectivity index (χ2v) is 6.31. The molecule has 0 unspecified atom stereocenters. The van der Waals surface area contributed by atoms with Crippen LogP contribution in [0.1, 0.15) is 17.1 Å². The quantitative estimate of drug-likeness (QED) is 0.638. The van der Waals surface area contributed by atoms with E-state index >= 15 is 0 Å². The predicted molar refractivity (Wildman–Crippen MR) is 82.1 cm³/mol. The van der Waals surface area contributed by atoms with Gasteiger partial charge in [-0.25, -0.2) is 4.98 Å². The number of hydrogen-bond acceptors (Lipinski definition) is 6. The highest BCUT2D eigenvalue weighted by Gasteiger charge is 2.32. The highest BCUT2D eigenvalue weighted by molar-refractivity contribution is 5.20. The van der Waals surface area contributed by atoms with Crippen molar-refractivity contribution in [1.29, 1.82) is 0 Å². The normalized spacial score (nSPS) is 27.0. The Morgan fingerprint density at radius 2 is 2.23 bits per heavy atom. The Bertz CT molecular complexity index is 579. The third-order valence-electron chi connectivity index (χ3n) is 4.33. The van der Waals surface area contributed by atoms with Gasteiger partial charge in [-0.15, -0.1) is 0 Å². The number of H-pyrrole nitrogens is 1. The molecule has 0 amide bonds. The molecule has 0 aromatic carbocycles. The monoisotopic (exact) mass is 308 g/mol. The average molecular weight is 308 g/mol. The van der Waals surface area contributed by atoms with Gasteiger partial charge in [-0.05, 0) is 13.3 Å². The standard InChI is InChI=1S/C15H24N4O3/c1-11-17-13-3-6-19(5-2-12(13)14(20)18-11)9-15(21)8-16-4-7-22-10-15/h16,21H,2-10H2,1H3,(H,17,18,20)/t15-/m1/s1. The zero-order chi connectivity index (χ0) is 15.6. The van der Waals surface area contributed by atoms with Gasteiger partial charge in [0.15, 0.2) is 0 Å². The molecule has 1 aromatic heterocycles. The van der Waals surface area contributed by atoms with Crippen LogP contribution in [0.4, 0.5) is 0 Å². The molecule has 1 aromatic rings. The van der Waals surface area contributed by atoms with Crippen molar-refractivity contribution in [1.82, 2.24) is 20.2 Å². The Kier molecular flexibility index (Phi) is 4.58. The van der Waals surface area contributed by atoms with Gasteiger partial charge in [0.2, 0.25) is 0 Å². The second kappa shape index (κ2) is 6.45. The minimum Gasteiger partial charge on any atom is -0.385 e. The third kappa shape index (κ3) is 3.55. The van der Waals surface area contributed by atoms with E-state index in [1.807, 2.05) is 6.92 Å². The molecular weight excluding hydrogens is 284 g/mol. The number of aromatic nitrogens is 2. The molecular formula is C15H24N4O3. The maximum atomic E-state index is 12.0. The molecule has 3 N–H and O–H groups in total. The summed E-state index contributed by atoms with van der Waals surface area (Å²) < 4.78 is 5.47. The van der Waals surface area contributed by atoms with E-state index in [0.29, 0.717) is 38.5 Å². The van der Waals surface area contributed by atoms with Crippen molar-refractivity contribution in [2.45, 2.75) is 25.4 Å². The second-order valence-electron chi connectivity index (χ2n) is 6.31. The number of β-amino-alcohol motifs (C(OH)–C–C–N with tert-alkyl or cyclic N) is 1. The van der Waals surface area contributed by atoms with Crippen LogP contribution in [-0.2, 0) is 17.6 Å². The molecule has 0 bridgehead atoms. The van der Waals surface area contributed by atoms with E-state index in [9.17, 15) is 9.90 Å². The van der Waals surface area contributed by atoms with Crippen LogP contribution in [0, 0.1) is 6.92 Å². The van der Waals surface area contributed by atoms with Crippen LogP contribution in [-0.4, -0.2) is 71.5 Å². The number of aliphatic hydroxyl groups is 1. The Hall–Kier alpha value is -1.28. The molecule has 0 aliphatic carbocycles. The molecule has 2 aliphatic heterocycles. The van der Waals surface area contributed by atoms with E-state index in [2.05, 4.69) is 20.2 Å². The largest absolute Gasteiger partial charge is 0.385 e. The lowest BCUT2D eigenvalue weighted by atomic mass is 10.0. The maximum Gasteiger partial charge on any atom is 0.254 e. The molecule has 2 aliphatic rings. The summed E-state index contributed by atoms with van der Waals surface area (Å²) in [6.45, 7) is 6.19. The molecule has 1 saturated heterocycles. The van der Waals surface area contributed by atoms with Crippen LogP contribution in [0.2, 0.25) is 0 Å². The van der Waals surface area contributed by atoms with Gasteiger partial charge in [0, 0.05) is 44.7 Å². The van der Waals surface area contributed by atoms with Crippen LogP contribution in [0.3, 0.4) is 0 Å². The van der Waals surface area contributed by atoms with E-state index < -0.39 is 5.60 Å². The lowest BCUT2D eigenvalue weighted by molar-refractivity contribution is -0.0483. The summed E-state index contributed by atoms with van der Waals surface area (Å²) in [6.07, 6.45) is 1.41. The fourth-order valence-electron chi connectivity index (χ4n) is 3.23. The van der Waals surface area contributed by atoms with E-state index in [1.165, 1.54) is 0 Å². The van der Waals surface area contributed by atoms with E-state index in [1.54, 1.807) is 0 Å². The van der Waals surface area contributed by atoms with Gasteiger partial charge in [-0.2, -0.15) is 0 Å². The van der Waals surface area contributed by atoms with Crippen molar-refractivity contribution >= 4 is 0 Å². The molecule has 3 heterocycles. The smallest absolute Gasteiger partial charge is 0.254 e. The average Bonchev–Trinajstić information content (AvgIpc) is 2.78. The first kappa shape index (κ1) is 15.6. The van der Waals surface area contributed by atoms with Crippen molar-refractivity contribution in [2.24, 2.45) is 0 Å². The topological polar surface area (TPSA) is 90.5 Å². The molecule has 122 valence electrons. The lowest BCUT2D eigenvalue weighted by Gasteiger charge is -2.32.